The van der Waals surface area contributed by atoms with Gasteiger partial charge in [-0.15, -0.1) is 0 Å². The molecular formula is C9H19N5. The molecule has 0 saturated carbocycles. The van der Waals surface area contributed by atoms with Gasteiger partial charge in [0.2, 0.25) is 0 Å². The zero-order chi connectivity index (χ0) is 10.4. The van der Waals surface area contributed by atoms with Crippen LogP contribution in [0, 0.1) is 0 Å². The van der Waals surface area contributed by atoms with Crippen molar-refractivity contribution in [2.75, 3.05) is 39.3 Å². The van der Waals surface area contributed by atoms with E-state index in [0.717, 1.165) is 39.3 Å². The second kappa shape index (κ2) is 5.86. The molecule has 0 amide bonds. The Morgan fingerprint density at radius 2 is 1.71 bits per heavy atom. The molecule has 1 aliphatic heterocycles. The van der Waals surface area contributed by atoms with Crippen LogP contribution in [0.4, 0.5) is 0 Å². The van der Waals surface area contributed by atoms with Gasteiger partial charge in [-0.05, 0) is 18.6 Å². The van der Waals surface area contributed by atoms with E-state index in [4.69, 9.17) is 5.53 Å². The quantitative estimate of drug-likeness (QED) is 0.389. The van der Waals surface area contributed by atoms with Gasteiger partial charge in [0.15, 0.2) is 0 Å². The van der Waals surface area contributed by atoms with Crippen molar-refractivity contribution in [1.82, 2.24) is 9.80 Å². The van der Waals surface area contributed by atoms with Gasteiger partial charge >= 0.3 is 0 Å². The molecule has 80 valence electrons. The summed E-state index contributed by atoms with van der Waals surface area (Å²) in [5.74, 6) is 0. The van der Waals surface area contributed by atoms with E-state index in [1.165, 1.54) is 0 Å². The van der Waals surface area contributed by atoms with Crippen LogP contribution in [0.25, 0.3) is 10.4 Å². The van der Waals surface area contributed by atoms with E-state index in [1.54, 1.807) is 0 Å². The third-order valence-electron chi connectivity index (χ3n) is 2.78. The lowest BCUT2D eigenvalue weighted by Gasteiger charge is -2.18. The molecule has 1 heterocycles. The minimum absolute atomic E-state index is 0.113. The monoisotopic (exact) mass is 197 g/mol. The molecule has 0 radical (unpaired) electrons. The highest BCUT2D eigenvalue weighted by Gasteiger charge is 2.19. The Morgan fingerprint density at radius 3 is 2.07 bits per heavy atom. The van der Waals surface area contributed by atoms with Crippen LogP contribution in [-0.2, 0) is 0 Å². The third kappa shape index (κ3) is 3.18. The molecule has 14 heavy (non-hydrogen) atoms. The fourth-order valence-corrected chi connectivity index (χ4v) is 1.84. The number of likely N-dealkylation sites (N-methyl/N-ethyl adjacent to an activating group) is 2. The van der Waals surface area contributed by atoms with Gasteiger partial charge in [-0.3, -0.25) is 0 Å². The maximum Gasteiger partial charge on any atom is 0.0628 e. The SMILES string of the molecule is CCN1CCN(CC)CC(N=[N+]=[N-])C1. The highest BCUT2D eigenvalue weighted by atomic mass is 15.3. The van der Waals surface area contributed by atoms with E-state index in [0.29, 0.717) is 0 Å². The molecule has 1 fully saturated rings. The van der Waals surface area contributed by atoms with Crippen molar-refractivity contribution in [2.24, 2.45) is 5.11 Å². The standard InChI is InChI=1S/C9H19N5/c1-3-13-5-6-14(4-2)8-9(7-13)11-12-10/h9H,3-8H2,1-2H3. The Morgan fingerprint density at radius 1 is 1.21 bits per heavy atom. The molecule has 0 bridgehead atoms. The molecule has 5 heteroatoms. The van der Waals surface area contributed by atoms with Crippen molar-refractivity contribution in [3.05, 3.63) is 10.4 Å². The summed E-state index contributed by atoms with van der Waals surface area (Å²) >= 11 is 0. The van der Waals surface area contributed by atoms with Crippen LogP contribution >= 0.6 is 0 Å². The normalized spacial score (nSPS) is 21.6. The van der Waals surface area contributed by atoms with Crippen LogP contribution in [0.1, 0.15) is 13.8 Å². The largest absolute Gasteiger partial charge is 0.302 e. The van der Waals surface area contributed by atoms with Gasteiger partial charge in [0.1, 0.15) is 0 Å². The van der Waals surface area contributed by atoms with Gasteiger partial charge in [-0.25, -0.2) is 0 Å². The molecular weight excluding hydrogens is 178 g/mol. The maximum absolute atomic E-state index is 8.45. The zero-order valence-electron chi connectivity index (χ0n) is 9.06. The number of nitrogens with zero attached hydrogens (tertiary/aromatic N) is 5. The van der Waals surface area contributed by atoms with Crippen LogP contribution in [0.2, 0.25) is 0 Å². The predicted octanol–water partition coefficient (Wildman–Crippen LogP) is 1.32. The fraction of sp³-hybridized carbons (Fsp3) is 1.00. The summed E-state index contributed by atoms with van der Waals surface area (Å²) in [6, 6.07) is 0.113. The van der Waals surface area contributed by atoms with E-state index in [9.17, 15) is 0 Å². The molecule has 5 nitrogen and oxygen atoms in total. The number of hydrogen-bond acceptors (Lipinski definition) is 3. The highest BCUT2D eigenvalue weighted by molar-refractivity contribution is 4.80. The summed E-state index contributed by atoms with van der Waals surface area (Å²) < 4.78 is 0. The summed E-state index contributed by atoms with van der Waals surface area (Å²) in [5, 5.41) is 3.84. The summed E-state index contributed by atoms with van der Waals surface area (Å²) in [4.78, 5) is 7.59. The van der Waals surface area contributed by atoms with Gasteiger partial charge in [-0.1, -0.05) is 19.0 Å². The topological polar surface area (TPSA) is 55.2 Å². The van der Waals surface area contributed by atoms with Gasteiger partial charge in [0.05, 0.1) is 6.04 Å². The maximum atomic E-state index is 8.45. The smallest absolute Gasteiger partial charge is 0.0628 e. The highest BCUT2D eigenvalue weighted by Crippen LogP contribution is 2.06. The van der Waals surface area contributed by atoms with Crippen LogP contribution < -0.4 is 0 Å². The molecule has 1 saturated heterocycles. The van der Waals surface area contributed by atoms with Crippen molar-refractivity contribution in [3.63, 3.8) is 0 Å². The van der Waals surface area contributed by atoms with Crippen molar-refractivity contribution in [1.29, 1.82) is 0 Å². The van der Waals surface area contributed by atoms with E-state index in [-0.39, 0.29) is 6.04 Å². The fourth-order valence-electron chi connectivity index (χ4n) is 1.84. The van der Waals surface area contributed by atoms with E-state index < -0.39 is 0 Å². The first-order valence-corrected chi connectivity index (χ1v) is 5.29. The van der Waals surface area contributed by atoms with E-state index in [1.807, 2.05) is 0 Å². The summed E-state index contributed by atoms with van der Waals surface area (Å²) in [6.07, 6.45) is 0. The van der Waals surface area contributed by atoms with Crippen LogP contribution in [0.15, 0.2) is 5.11 Å². The van der Waals surface area contributed by atoms with Crippen molar-refractivity contribution < 1.29 is 0 Å². The minimum atomic E-state index is 0.113. The molecule has 0 aromatic carbocycles. The minimum Gasteiger partial charge on any atom is -0.302 e. The van der Waals surface area contributed by atoms with Crippen molar-refractivity contribution in [2.45, 2.75) is 19.9 Å². The van der Waals surface area contributed by atoms with Crippen molar-refractivity contribution >= 4 is 0 Å². The Balaban J connectivity index is 2.59. The molecule has 0 unspecified atom stereocenters. The van der Waals surface area contributed by atoms with Gasteiger partial charge in [0.25, 0.3) is 0 Å². The predicted molar refractivity (Wildman–Crippen MR) is 57.2 cm³/mol. The van der Waals surface area contributed by atoms with E-state index >= 15 is 0 Å². The lowest BCUT2D eigenvalue weighted by Crippen LogP contribution is -2.31. The second-order valence-corrected chi connectivity index (χ2v) is 3.65. The first-order chi connectivity index (χ1) is 6.80. The van der Waals surface area contributed by atoms with Gasteiger partial charge < -0.3 is 9.80 Å². The average Bonchev–Trinajstić information content (AvgIpc) is 2.40. The van der Waals surface area contributed by atoms with Gasteiger partial charge in [0, 0.05) is 31.1 Å². The molecule has 1 rings (SSSR count). The summed E-state index contributed by atoms with van der Waals surface area (Å²) in [5.41, 5.74) is 8.45. The molecule has 0 aromatic heterocycles. The Kier molecular flexibility index (Phi) is 4.73. The summed E-state index contributed by atoms with van der Waals surface area (Å²) in [6.45, 7) is 10.3. The molecule has 1 aliphatic rings. The molecule has 0 aromatic rings. The lowest BCUT2D eigenvalue weighted by molar-refractivity contribution is 0.271. The Hall–Kier alpha value is -0.770. The number of azide groups is 1. The van der Waals surface area contributed by atoms with Crippen LogP contribution in [0.3, 0.4) is 0 Å². The van der Waals surface area contributed by atoms with Crippen LogP contribution in [-0.4, -0.2) is 55.1 Å². The summed E-state index contributed by atoms with van der Waals surface area (Å²) in [7, 11) is 0. The van der Waals surface area contributed by atoms with Gasteiger partial charge in [-0.2, -0.15) is 0 Å². The molecule has 0 atom stereocenters. The first-order valence-electron chi connectivity index (χ1n) is 5.29. The second-order valence-electron chi connectivity index (χ2n) is 3.65. The third-order valence-corrected chi connectivity index (χ3v) is 2.78. The van der Waals surface area contributed by atoms with E-state index in [2.05, 4.69) is 33.7 Å². The van der Waals surface area contributed by atoms with Crippen molar-refractivity contribution in [3.8, 4) is 0 Å². The number of rotatable bonds is 3. The Bertz CT molecular complexity index is 197. The lowest BCUT2D eigenvalue weighted by atomic mass is 10.3. The average molecular weight is 197 g/mol. The number of hydrogen-bond donors (Lipinski definition) is 0. The van der Waals surface area contributed by atoms with Crippen LogP contribution in [0.5, 0.6) is 0 Å². The molecule has 0 spiro atoms. The zero-order valence-corrected chi connectivity index (χ0v) is 9.06. The first kappa shape index (κ1) is 11.3. The molecule has 0 N–H and O–H groups in total. The molecule has 0 aliphatic carbocycles. The Labute approximate surface area is 85.3 Å².